The van der Waals surface area contributed by atoms with Crippen molar-refractivity contribution in [1.29, 1.82) is 0 Å². The van der Waals surface area contributed by atoms with Gasteiger partial charge in [-0.15, -0.1) is 69.1 Å². The summed E-state index contributed by atoms with van der Waals surface area (Å²) in [6.45, 7) is 8.59. The quantitative estimate of drug-likeness (QED) is 0.216. The van der Waals surface area contributed by atoms with Crippen LogP contribution in [0, 0.1) is 42.5 Å². The SMILES string of the molecule is Cc1cc2c(C)cccc2[cH-]1.Cc1cc2c(C)cccc2[cH-]1.[CH2]=[Zr]([Cl])[Cl].[CH3-].[CH3-]. The van der Waals surface area contributed by atoms with E-state index in [1.807, 2.05) is 0 Å². The minimum absolute atomic E-state index is 0. The molecular weight excluding hydrogens is 462 g/mol. The molecule has 0 aliphatic carbocycles. The Kier molecular flexibility index (Phi) is 12.1. The molecule has 0 atom stereocenters. The van der Waals surface area contributed by atoms with Crippen LogP contribution >= 0.6 is 17.0 Å². The van der Waals surface area contributed by atoms with E-state index in [1.165, 1.54) is 43.8 Å². The molecule has 0 aliphatic heterocycles. The van der Waals surface area contributed by atoms with Crippen LogP contribution in [0.1, 0.15) is 22.3 Å². The molecule has 152 valence electrons. The first-order valence-corrected chi connectivity index (χ1v) is 16.6. The average molecular weight is 493 g/mol. The largest absolute Gasteiger partial charge is 0.358 e. The second-order valence-electron chi connectivity index (χ2n) is 6.56. The molecule has 0 aliphatic rings. The summed E-state index contributed by atoms with van der Waals surface area (Å²) >= 11 is -1.85. The van der Waals surface area contributed by atoms with Crippen LogP contribution in [0.15, 0.2) is 60.7 Å². The molecule has 0 saturated heterocycles. The average Bonchev–Trinajstić information content (AvgIpc) is 3.11. The van der Waals surface area contributed by atoms with Crippen molar-refractivity contribution < 1.29 is 18.9 Å². The van der Waals surface area contributed by atoms with Gasteiger partial charge in [0.25, 0.3) is 0 Å². The van der Waals surface area contributed by atoms with E-state index in [9.17, 15) is 0 Å². The zero-order chi connectivity index (χ0) is 19.3. The number of halogens is 2. The van der Waals surface area contributed by atoms with Crippen molar-refractivity contribution in [3.05, 3.63) is 97.8 Å². The van der Waals surface area contributed by atoms with Gasteiger partial charge in [-0.1, -0.05) is 37.1 Å². The minimum Gasteiger partial charge on any atom is -0.358 e. The molecule has 28 heavy (non-hydrogen) atoms. The summed E-state index contributed by atoms with van der Waals surface area (Å²) in [5, 5.41) is 5.51. The van der Waals surface area contributed by atoms with Crippen molar-refractivity contribution in [2.45, 2.75) is 27.7 Å². The Hall–Kier alpha value is -1.01. The summed E-state index contributed by atoms with van der Waals surface area (Å²) in [5.41, 5.74) is 5.45. The fourth-order valence-electron chi connectivity index (χ4n) is 3.08. The maximum atomic E-state index is 5.13. The van der Waals surface area contributed by atoms with E-state index in [0.29, 0.717) is 0 Å². The molecule has 4 aromatic carbocycles. The topological polar surface area (TPSA) is 0 Å². The maximum absolute atomic E-state index is 5.13. The zero-order valence-electron chi connectivity index (χ0n) is 17.7. The van der Waals surface area contributed by atoms with Crippen LogP contribution in [-0.4, -0.2) is 4.21 Å². The van der Waals surface area contributed by atoms with E-state index in [1.54, 1.807) is 0 Å². The molecule has 0 fully saturated rings. The summed E-state index contributed by atoms with van der Waals surface area (Å²) in [4.78, 5) is 0. The Morgan fingerprint density at radius 1 is 0.714 bits per heavy atom. The van der Waals surface area contributed by atoms with Gasteiger partial charge in [0.05, 0.1) is 0 Å². The van der Waals surface area contributed by atoms with Gasteiger partial charge in [-0.3, -0.25) is 0 Å². The summed E-state index contributed by atoms with van der Waals surface area (Å²) in [7, 11) is 10.3. The normalized spacial score (nSPS) is 9.36. The Labute approximate surface area is 186 Å². The molecule has 0 amide bonds. The summed E-state index contributed by atoms with van der Waals surface area (Å²) in [5.74, 6) is 0. The van der Waals surface area contributed by atoms with Crippen molar-refractivity contribution in [1.82, 2.24) is 0 Å². The second-order valence-corrected chi connectivity index (χ2v) is 14.8. The molecule has 0 nitrogen and oxygen atoms in total. The Bertz CT molecular complexity index is 940. The van der Waals surface area contributed by atoms with Crippen LogP contribution in [0.3, 0.4) is 0 Å². The summed E-state index contributed by atoms with van der Waals surface area (Å²) in [6, 6.07) is 21.8. The van der Waals surface area contributed by atoms with Crippen molar-refractivity contribution in [3.63, 3.8) is 0 Å². The first kappa shape index (κ1) is 27.0. The van der Waals surface area contributed by atoms with Gasteiger partial charge < -0.3 is 14.9 Å². The number of rotatable bonds is 0. The third kappa shape index (κ3) is 7.78. The Morgan fingerprint density at radius 3 is 1.32 bits per heavy atom. The Morgan fingerprint density at radius 2 is 1.04 bits per heavy atom. The van der Waals surface area contributed by atoms with E-state index in [-0.39, 0.29) is 14.9 Å². The first-order chi connectivity index (χ1) is 12.3. The van der Waals surface area contributed by atoms with Gasteiger partial charge in [-0.2, -0.15) is 12.1 Å². The summed E-state index contributed by atoms with van der Waals surface area (Å²) in [6.07, 6.45) is 0. The van der Waals surface area contributed by atoms with Gasteiger partial charge in [0.2, 0.25) is 0 Å². The van der Waals surface area contributed by atoms with Crippen LogP contribution < -0.4 is 0 Å². The molecule has 0 aromatic heterocycles. The number of hydrogen-bond acceptors (Lipinski definition) is 0. The van der Waals surface area contributed by atoms with Gasteiger partial charge >= 0.3 is 40.1 Å². The van der Waals surface area contributed by atoms with Crippen LogP contribution in [0.25, 0.3) is 21.5 Å². The van der Waals surface area contributed by atoms with Gasteiger partial charge in [0.1, 0.15) is 0 Å². The molecule has 0 saturated carbocycles. The third-order valence-electron chi connectivity index (χ3n) is 4.23. The predicted octanol–water partition coefficient (Wildman–Crippen LogP) is 8.60. The first-order valence-electron chi connectivity index (χ1n) is 8.53. The van der Waals surface area contributed by atoms with Crippen molar-refractivity contribution >= 4 is 42.8 Å². The zero-order valence-corrected chi connectivity index (χ0v) is 21.7. The van der Waals surface area contributed by atoms with Crippen molar-refractivity contribution in [2.24, 2.45) is 0 Å². The van der Waals surface area contributed by atoms with Crippen molar-refractivity contribution in [2.75, 3.05) is 0 Å². The fraction of sp³-hybridized carbons (Fsp3) is 0.160. The molecule has 0 bridgehead atoms. The molecule has 0 N–H and O–H groups in total. The molecule has 0 spiro atoms. The molecule has 0 heterocycles. The molecule has 0 radical (unpaired) electrons. The van der Waals surface area contributed by atoms with Gasteiger partial charge in [0, 0.05) is 0 Å². The van der Waals surface area contributed by atoms with E-state index >= 15 is 0 Å². The maximum Gasteiger partial charge on any atom is -0.358 e. The van der Waals surface area contributed by atoms with Gasteiger partial charge in [0.15, 0.2) is 0 Å². The van der Waals surface area contributed by atoms with Crippen LogP contribution in [0.2, 0.25) is 0 Å². The molecule has 4 rings (SSSR count). The smallest absolute Gasteiger partial charge is 0.358 e. The van der Waals surface area contributed by atoms with E-state index < -0.39 is 18.9 Å². The van der Waals surface area contributed by atoms with E-state index in [0.717, 1.165) is 0 Å². The Balaban J connectivity index is 0.000000415. The second kappa shape index (κ2) is 12.5. The number of benzene rings is 2. The number of fused-ring (bicyclic) bond motifs is 2. The number of aryl methyl sites for hydroxylation is 4. The van der Waals surface area contributed by atoms with Crippen LogP contribution in [0.4, 0.5) is 0 Å². The minimum atomic E-state index is -1.85. The van der Waals surface area contributed by atoms with E-state index in [2.05, 4.69) is 92.6 Å². The third-order valence-corrected chi connectivity index (χ3v) is 4.23. The van der Waals surface area contributed by atoms with Crippen LogP contribution in [0.5, 0.6) is 0 Å². The van der Waals surface area contributed by atoms with E-state index in [4.69, 9.17) is 17.0 Å². The van der Waals surface area contributed by atoms with Crippen LogP contribution in [-0.2, 0) is 18.9 Å². The molecule has 4 aromatic rings. The standard InChI is InChI=1S/2C11H11.2CH3.CH2.2ClH.Zr/c2*1-8-6-10-5-3-4-9(2)11(10)7-8;;;;;;/h2*3-7H,1-2H3;2*1H3;1H2;2*1H;/q4*-1;;;;+2/p-2. The van der Waals surface area contributed by atoms with Gasteiger partial charge in [-0.05, 0) is 13.8 Å². The summed E-state index contributed by atoms with van der Waals surface area (Å²) < 4.78 is 3.37. The number of hydrogen-bond donors (Lipinski definition) is 0. The monoisotopic (exact) mass is 490 g/mol. The molecule has 0 unspecified atom stereocenters. The predicted molar refractivity (Wildman–Crippen MR) is 130 cm³/mol. The fourth-order valence-corrected chi connectivity index (χ4v) is 3.08. The van der Waals surface area contributed by atoms with Gasteiger partial charge in [-0.25, -0.2) is 0 Å². The van der Waals surface area contributed by atoms with Crippen molar-refractivity contribution in [3.8, 4) is 0 Å². The molecule has 3 heteroatoms. The molecular formula is C25H30Cl2Zr-4.